The molecule has 0 bridgehead atoms. The molecule has 2 amide bonds. The number of benzene rings is 1. The van der Waals surface area contributed by atoms with Gasteiger partial charge >= 0.3 is 5.63 Å². The second kappa shape index (κ2) is 6.25. The normalized spacial score (nSPS) is 15.7. The van der Waals surface area contributed by atoms with Crippen molar-refractivity contribution in [1.29, 1.82) is 0 Å². The molecule has 0 spiro atoms. The van der Waals surface area contributed by atoms with E-state index in [1.54, 1.807) is 17.0 Å². The Morgan fingerprint density at radius 1 is 1.19 bits per heavy atom. The molecule has 3 heterocycles. The summed E-state index contributed by atoms with van der Waals surface area (Å²) < 4.78 is 6.16. The van der Waals surface area contributed by atoms with Crippen LogP contribution in [-0.4, -0.2) is 29.8 Å². The molecule has 1 aliphatic heterocycles. The number of aryl methyl sites for hydroxylation is 1. The number of primary amides is 1. The Bertz CT molecular complexity index is 1090. The van der Waals surface area contributed by atoms with Crippen molar-refractivity contribution in [1.82, 2.24) is 4.90 Å². The van der Waals surface area contributed by atoms with Crippen molar-refractivity contribution in [2.45, 2.75) is 19.8 Å². The van der Waals surface area contributed by atoms with Gasteiger partial charge in [0.25, 0.3) is 5.91 Å². The van der Waals surface area contributed by atoms with Gasteiger partial charge in [-0.25, -0.2) is 4.79 Å². The molecular formula is C19H18N2O4S. The SMILES string of the molecule is Cc1ccc2oc(=O)c3cc(C(=O)N4CCC(C(N)=O)CC4)sc3c2c1. The van der Waals surface area contributed by atoms with E-state index in [0.717, 1.165) is 15.6 Å². The minimum Gasteiger partial charge on any atom is -0.422 e. The van der Waals surface area contributed by atoms with Gasteiger partial charge in [0.2, 0.25) is 5.91 Å². The third-order valence-electron chi connectivity index (χ3n) is 4.93. The van der Waals surface area contributed by atoms with Gasteiger partial charge in [-0.2, -0.15) is 0 Å². The number of nitrogens with two attached hydrogens (primary N) is 1. The van der Waals surface area contributed by atoms with E-state index in [0.29, 0.717) is 41.8 Å². The lowest BCUT2D eigenvalue weighted by Gasteiger charge is -2.30. The van der Waals surface area contributed by atoms with Gasteiger partial charge in [-0.15, -0.1) is 11.3 Å². The summed E-state index contributed by atoms with van der Waals surface area (Å²) in [5, 5.41) is 1.28. The number of rotatable bonds is 2. The molecule has 6 nitrogen and oxygen atoms in total. The lowest BCUT2D eigenvalue weighted by molar-refractivity contribution is -0.123. The van der Waals surface area contributed by atoms with E-state index >= 15 is 0 Å². The van der Waals surface area contributed by atoms with Crippen molar-refractivity contribution in [3.63, 3.8) is 0 Å². The Kier molecular flexibility index (Phi) is 4.03. The smallest absolute Gasteiger partial charge is 0.345 e. The molecule has 4 rings (SSSR count). The number of amides is 2. The maximum atomic E-state index is 12.8. The fraction of sp³-hybridized carbons (Fsp3) is 0.316. The first-order chi connectivity index (χ1) is 12.4. The monoisotopic (exact) mass is 370 g/mol. The standard InChI is InChI=1S/C19H18N2O4S/c1-10-2-3-14-12(8-10)16-13(19(24)25-14)9-15(26-16)18(23)21-6-4-11(5-7-21)17(20)22/h2-3,8-9,11H,4-7H2,1H3,(H2,20,22). The molecule has 1 aromatic carbocycles. The van der Waals surface area contributed by atoms with Gasteiger partial charge in [0, 0.05) is 24.4 Å². The van der Waals surface area contributed by atoms with Crippen molar-refractivity contribution in [2.75, 3.05) is 13.1 Å². The second-order valence-electron chi connectivity index (χ2n) is 6.71. The van der Waals surface area contributed by atoms with E-state index in [1.807, 2.05) is 19.1 Å². The van der Waals surface area contributed by atoms with E-state index in [2.05, 4.69) is 0 Å². The molecule has 1 saturated heterocycles. The number of hydrogen-bond donors (Lipinski definition) is 1. The number of carbonyl (C=O) groups is 2. The third kappa shape index (κ3) is 2.78. The summed E-state index contributed by atoms with van der Waals surface area (Å²) in [7, 11) is 0. The van der Waals surface area contributed by atoms with E-state index in [9.17, 15) is 14.4 Å². The Morgan fingerprint density at radius 2 is 1.92 bits per heavy atom. The third-order valence-corrected chi connectivity index (χ3v) is 6.09. The van der Waals surface area contributed by atoms with Crippen molar-refractivity contribution < 1.29 is 14.0 Å². The summed E-state index contributed by atoms with van der Waals surface area (Å²) in [5.74, 6) is -0.590. The van der Waals surface area contributed by atoms with E-state index in [1.165, 1.54) is 11.3 Å². The topological polar surface area (TPSA) is 93.6 Å². The molecule has 1 fully saturated rings. The van der Waals surface area contributed by atoms with E-state index in [-0.39, 0.29) is 17.7 Å². The number of piperidine rings is 1. The minimum absolute atomic E-state index is 0.116. The van der Waals surface area contributed by atoms with Crippen LogP contribution in [0.2, 0.25) is 0 Å². The number of thiophene rings is 1. The molecule has 0 unspecified atom stereocenters. The molecule has 0 saturated carbocycles. The molecule has 0 atom stereocenters. The van der Waals surface area contributed by atoms with Crippen LogP contribution < -0.4 is 11.4 Å². The summed E-state index contributed by atoms with van der Waals surface area (Å²) in [6.07, 6.45) is 1.16. The number of hydrogen-bond acceptors (Lipinski definition) is 5. The first-order valence-electron chi connectivity index (χ1n) is 8.49. The molecule has 0 aliphatic carbocycles. The van der Waals surface area contributed by atoms with Crippen LogP contribution in [0.15, 0.2) is 33.5 Å². The summed E-state index contributed by atoms with van der Waals surface area (Å²) in [6.45, 7) is 2.96. The van der Waals surface area contributed by atoms with Crippen LogP contribution in [-0.2, 0) is 4.79 Å². The number of fused-ring (bicyclic) bond motifs is 3. The Hall–Kier alpha value is -2.67. The zero-order valence-electron chi connectivity index (χ0n) is 14.3. The van der Waals surface area contributed by atoms with E-state index in [4.69, 9.17) is 10.2 Å². The first-order valence-corrected chi connectivity index (χ1v) is 9.31. The lowest BCUT2D eigenvalue weighted by Crippen LogP contribution is -2.41. The molecule has 1 aliphatic rings. The largest absolute Gasteiger partial charge is 0.422 e. The molecule has 134 valence electrons. The van der Waals surface area contributed by atoms with Gasteiger partial charge in [-0.3, -0.25) is 9.59 Å². The van der Waals surface area contributed by atoms with Crippen molar-refractivity contribution in [3.05, 3.63) is 45.1 Å². The fourth-order valence-corrected chi connectivity index (χ4v) is 4.57. The highest BCUT2D eigenvalue weighted by molar-refractivity contribution is 7.21. The first kappa shape index (κ1) is 16.8. The van der Waals surface area contributed by atoms with Gasteiger partial charge in [0.1, 0.15) is 5.58 Å². The van der Waals surface area contributed by atoms with Crippen LogP contribution in [0.3, 0.4) is 0 Å². The predicted molar refractivity (Wildman–Crippen MR) is 100 cm³/mol. The van der Waals surface area contributed by atoms with Gasteiger partial charge in [-0.05, 0) is 38.0 Å². The van der Waals surface area contributed by atoms with Gasteiger partial charge < -0.3 is 15.1 Å². The second-order valence-corrected chi connectivity index (χ2v) is 7.76. The molecule has 26 heavy (non-hydrogen) atoms. The quantitative estimate of drug-likeness (QED) is 0.702. The molecule has 3 aromatic rings. The maximum absolute atomic E-state index is 12.8. The zero-order valence-corrected chi connectivity index (χ0v) is 15.1. The van der Waals surface area contributed by atoms with Crippen LogP contribution >= 0.6 is 11.3 Å². The summed E-state index contributed by atoms with van der Waals surface area (Å²) in [6, 6.07) is 7.25. The number of carbonyl (C=O) groups excluding carboxylic acids is 2. The summed E-state index contributed by atoms with van der Waals surface area (Å²) in [4.78, 5) is 38.6. The van der Waals surface area contributed by atoms with Crippen LogP contribution in [0.25, 0.3) is 21.1 Å². The van der Waals surface area contributed by atoms with Gasteiger partial charge in [0.05, 0.1) is 15.0 Å². The summed E-state index contributed by atoms with van der Waals surface area (Å²) in [5.41, 5.74) is 6.50. The van der Waals surface area contributed by atoms with Crippen molar-refractivity contribution >= 4 is 44.2 Å². The lowest BCUT2D eigenvalue weighted by atomic mass is 9.96. The van der Waals surface area contributed by atoms with Crippen molar-refractivity contribution in [2.24, 2.45) is 11.7 Å². The average Bonchev–Trinajstić information content (AvgIpc) is 3.08. The Balaban J connectivity index is 1.71. The van der Waals surface area contributed by atoms with Crippen LogP contribution in [0.5, 0.6) is 0 Å². The molecule has 2 N–H and O–H groups in total. The van der Waals surface area contributed by atoms with Crippen LogP contribution in [0, 0.1) is 12.8 Å². The highest BCUT2D eigenvalue weighted by Crippen LogP contribution is 2.32. The Morgan fingerprint density at radius 3 is 2.62 bits per heavy atom. The Labute approximate surface area is 153 Å². The predicted octanol–water partition coefficient (Wildman–Crippen LogP) is 2.65. The fourth-order valence-electron chi connectivity index (χ4n) is 3.44. The van der Waals surface area contributed by atoms with Gasteiger partial charge in [-0.1, -0.05) is 11.6 Å². The zero-order chi connectivity index (χ0) is 18.4. The van der Waals surface area contributed by atoms with Crippen LogP contribution in [0.4, 0.5) is 0 Å². The van der Waals surface area contributed by atoms with Gasteiger partial charge in [0.15, 0.2) is 0 Å². The highest BCUT2D eigenvalue weighted by atomic mass is 32.1. The molecule has 2 aromatic heterocycles. The average molecular weight is 370 g/mol. The molecular weight excluding hydrogens is 352 g/mol. The molecule has 7 heteroatoms. The summed E-state index contributed by atoms with van der Waals surface area (Å²) >= 11 is 1.32. The maximum Gasteiger partial charge on any atom is 0.345 e. The molecule has 0 radical (unpaired) electrons. The van der Waals surface area contributed by atoms with E-state index < -0.39 is 5.63 Å². The number of likely N-dealkylation sites (tertiary alicyclic amines) is 1. The minimum atomic E-state index is -0.431. The van der Waals surface area contributed by atoms with Crippen LogP contribution in [0.1, 0.15) is 28.1 Å². The number of nitrogens with zero attached hydrogens (tertiary/aromatic N) is 1. The van der Waals surface area contributed by atoms with Crippen molar-refractivity contribution in [3.8, 4) is 0 Å². The highest BCUT2D eigenvalue weighted by Gasteiger charge is 2.27.